The predicted octanol–water partition coefficient (Wildman–Crippen LogP) is 1.88. The fourth-order valence-corrected chi connectivity index (χ4v) is 2.41. The average molecular weight is 279 g/mol. The molecule has 0 saturated carbocycles. The number of hydrogen-bond acceptors (Lipinski definition) is 3. The second-order valence-electron chi connectivity index (χ2n) is 5.89. The van der Waals surface area contributed by atoms with Gasteiger partial charge in [0.25, 0.3) is 0 Å². The molecule has 0 spiro atoms. The van der Waals surface area contributed by atoms with Crippen molar-refractivity contribution in [2.45, 2.75) is 45.7 Å². The first-order chi connectivity index (χ1) is 9.54. The van der Waals surface area contributed by atoms with E-state index in [9.17, 15) is 4.79 Å². The van der Waals surface area contributed by atoms with Crippen molar-refractivity contribution in [1.82, 2.24) is 14.7 Å². The van der Waals surface area contributed by atoms with E-state index >= 15 is 0 Å². The summed E-state index contributed by atoms with van der Waals surface area (Å²) in [5.74, 6) is 1.61. The van der Waals surface area contributed by atoms with E-state index in [-0.39, 0.29) is 6.03 Å². The van der Waals surface area contributed by atoms with Gasteiger partial charge in [-0.05, 0) is 25.2 Å². The lowest BCUT2D eigenvalue weighted by Gasteiger charge is -2.31. The first-order valence-corrected chi connectivity index (χ1v) is 7.39. The van der Waals surface area contributed by atoms with Crippen LogP contribution >= 0.6 is 0 Å². The Balaban J connectivity index is 1.78. The highest BCUT2D eigenvalue weighted by Gasteiger charge is 2.21. The highest BCUT2D eigenvalue weighted by molar-refractivity contribution is 5.72. The van der Waals surface area contributed by atoms with Crippen LogP contribution in [0.4, 0.5) is 10.6 Å². The van der Waals surface area contributed by atoms with Crippen LogP contribution in [0.1, 0.15) is 33.1 Å². The molecule has 6 nitrogen and oxygen atoms in total. The second-order valence-corrected chi connectivity index (χ2v) is 5.89. The molecule has 1 saturated heterocycles. The van der Waals surface area contributed by atoms with Gasteiger partial charge in [0.2, 0.25) is 0 Å². The lowest BCUT2D eigenvalue weighted by Crippen LogP contribution is -2.44. The van der Waals surface area contributed by atoms with Gasteiger partial charge in [-0.25, -0.2) is 4.79 Å². The largest absolute Gasteiger partial charge is 0.366 e. The summed E-state index contributed by atoms with van der Waals surface area (Å²) in [5, 5.41) is 7.97. The van der Waals surface area contributed by atoms with Crippen molar-refractivity contribution in [2.24, 2.45) is 11.7 Å². The molecule has 20 heavy (non-hydrogen) atoms. The molecule has 1 aromatic rings. The van der Waals surface area contributed by atoms with Crippen molar-refractivity contribution in [2.75, 3.05) is 18.4 Å². The number of amides is 2. The Morgan fingerprint density at radius 1 is 1.50 bits per heavy atom. The number of primary amides is 1. The van der Waals surface area contributed by atoms with Crippen LogP contribution in [0.15, 0.2) is 12.3 Å². The average Bonchev–Trinajstić information content (AvgIpc) is 2.84. The molecule has 3 N–H and O–H groups in total. The summed E-state index contributed by atoms with van der Waals surface area (Å²) in [5.41, 5.74) is 5.28. The van der Waals surface area contributed by atoms with Crippen LogP contribution in [0.3, 0.4) is 0 Å². The fourth-order valence-electron chi connectivity index (χ4n) is 2.41. The summed E-state index contributed by atoms with van der Waals surface area (Å²) >= 11 is 0. The maximum Gasteiger partial charge on any atom is 0.314 e. The summed E-state index contributed by atoms with van der Waals surface area (Å²) in [6, 6.07) is 2.07. The van der Waals surface area contributed by atoms with Gasteiger partial charge < -0.3 is 16.0 Å². The Kier molecular flexibility index (Phi) is 4.87. The SMILES string of the molecule is CC(C)CCn1ccc(NC2CCN(C(N)=O)CC2)n1. The summed E-state index contributed by atoms with van der Waals surface area (Å²) < 4.78 is 1.99. The van der Waals surface area contributed by atoms with E-state index in [0.29, 0.717) is 12.0 Å². The van der Waals surface area contributed by atoms with Crippen LogP contribution in [0.2, 0.25) is 0 Å². The minimum absolute atomic E-state index is 0.318. The van der Waals surface area contributed by atoms with Crippen LogP contribution in [-0.4, -0.2) is 39.8 Å². The molecule has 1 fully saturated rings. The topological polar surface area (TPSA) is 76.2 Å². The van der Waals surface area contributed by atoms with Crippen LogP contribution in [-0.2, 0) is 6.54 Å². The maximum atomic E-state index is 11.1. The van der Waals surface area contributed by atoms with Gasteiger partial charge in [0.05, 0.1) is 0 Å². The third-order valence-electron chi connectivity index (χ3n) is 3.73. The molecule has 0 aliphatic carbocycles. The standard InChI is InChI=1S/C14H25N5O/c1-11(2)3-9-19-10-6-13(17-19)16-12-4-7-18(8-5-12)14(15)20/h6,10-12H,3-5,7-9H2,1-2H3,(H2,15,20)(H,16,17). The minimum atomic E-state index is -0.318. The quantitative estimate of drug-likeness (QED) is 0.864. The third-order valence-corrected chi connectivity index (χ3v) is 3.73. The number of likely N-dealkylation sites (tertiary alicyclic amines) is 1. The molecule has 2 heterocycles. The Labute approximate surface area is 120 Å². The number of carbonyl (C=O) groups is 1. The van der Waals surface area contributed by atoms with Gasteiger partial charge in [0.1, 0.15) is 5.82 Å². The van der Waals surface area contributed by atoms with Crippen LogP contribution in [0.5, 0.6) is 0 Å². The molecular formula is C14H25N5O. The Morgan fingerprint density at radius 3 is 2.80 bits per heavy atom. The monoisotopic (exact) mass is 279 g/mol. The number of nitrogens with zero attached hydrogens (tertiary/aromatic N) is 3. The number of anilines is 1. The molecule has 1 aliphatic heterocycles. The summed E-state index contributed by atoms with van der Waals surface area (Å²) in [4.78, 5) is 12.8. The summed E-state index contributed by atoms with van der Waals surface area (Å²) in [7, 11) is 0. The maximum absolute atomic E-state index is 11.1. The van der Waals surface area contributed by atoms with Crippen molar-refractivity contribution in [3.63, 3.8) is 0 Å². The number of hydrogen-bond donors (Lipinski definition) is 2. The van der Waals surface area contributed by atoms with Gasteiger partial charge in [-0.3, -0.25) is 4.68 Å². The number of carbonyl (C=O) groups excluding carboxylic acids is 1. The summed E-state index contributed by atoms with van der Waals surface area (Å²) in [6.07, 6.45) is 4.99. The highest BCUT2D eigenvalue weighted by atomic mass is 16.2. The molecule has 1 aliphatic rings. The van der Waals surface area contributed by atoms with E-state index in [4.69, 9.17) is 5.73 Å². The van der Waals surface area contributed by atoms with Gasteiger partial charge in [0, 0.05) is 37.9 Å². The molecule has 2 rings (SSSR count). The molecule has 112 valence electrons. The van der Waals surface area contributed by atoms with E-state index in [2.05, 4.69) is 24.3 Å². The van der Waals surface area contributed by atoms with Crippen molar-refractivity contribution in [3.8, 4) is 0 Å². The number of nitrogens with one attached hydrogen (secondary N) is 1. The zero-order valence-corrected chi connectivity index (χ0v) is 12.4. The fraction of sp³-hybridized carbons (Fsp3) is 0.714. The molecule has 1 aromatic heterocycles. The molecule has 6 heteroatoms. The predicted molar refractivity (Wildman–Crippen MR) is 79.5 cm³/mol. The van der Waals surface area contributed by atoms with Gasteiger partial charge in [-0.1, -0.05) is 13.8 Å². The number of rotatable bonds is 5. The Hall–Kier alpha value is -1.72. The van der Waals surface area contributed by atoms with Crippen molar-refractivity contribution < 1.29 is 4.79 Å². The van der Waals surface area contributed by atoms with Crippen molar-refractivity contribution >= 4 is 11.8 Å². The normalized spacial score (nSPS) is 16.6. The van der Waals surface area contributed by atoms with Crippen LogP contribution in [0.25, 0.3) is 0 Å². The smallest absolute Gasteiger partial charge is 0.314 e. The van der Waals surface area contributed by atoms with E-state index in [1.807, 2.05) is 16.9 Å². The third kappa shape index (κ3) is 4.15. The Morgan fingerprint density at radius 2 is 2.20 bits per heavy atom. The lowest BCUT2D eigenvalue weighted by atomic mass is 10.1. The molecular weight excluding hydrogens is 254 g/mol. The molecule has 0 atom stereocenters. The second kappa shape index (κ2) is 6.63. The molecule has 0 bridgehead atoms. The number of urea groups is 1. The van der Waals surface area contributed by atoms with Crippen LogP contribution in [0, 0.1) is 5.92 Å². The molecule has 2 amide bonds. The van der Waals surface area contributed by atoms with E-state index < -0.39 is 0 Å². The zero-order chi connectivity index (χ0) is 14.5. The van der Waals surface area contributed by atoms with Crippen molar-refractivity contribution in [3.05, 3.63) is 12.3 Å². The van der Waals surface area contributed by atoms with Gasteiger partial charge in [-0.2, -0.15) is 5.10 Å². The van der Waals surface area contributed by atoms with E-state index in [0.717, 1.165) is 44.7 Å². The first kappa shape index (κ1) is 14.7. The number of aromatic nitrogens is 2. The lowest BCUT2D eigenvalue weighted by molar-refractivity contribution is 0.193. The highest BCUT2D eigenvalue weighted by Crippen LogP contribution is 2.15. The van der Waals surface area contributed by atoms with Crippen LogP contribution < -0.4 is 11.1 Å². The first-order valence-electron chi connectivity index (χ1n) is 7.39. The molecule has 0 unspecified atom stereocenters. The summed E-state index contributed by atoms with van der Waals surface area (Å²) in [6.45, 7) is 6.84. The minimum Gasteiger partial charge on any atom is -0.366 e. The van der Waals surface area contributed by atoms with E-state index in [1.165, 1.54) is 0 Å². The van der Waals surface area contributed by atoms with Gasteiger partial charge >= 0.3 is 6.03 Å². The van der Waals surface area contributed by atoms with Gasteiger partial charge in [-0.15, -0.1) is 0 Å². The molecule has 0 radical (unpaired) electrons. The van der Waals surface area contributed by atoms with Crippen molar-refractivity contribution in [1.29, 1.82) is 0 Å². The zero-order valence-electron chi connectivity index (χ0n) is 12.4. The molecule has 0 aromatic carbocycles. The Bertz CT molecular complexity index is 435. The number of piperidine rings is 1. The number of aryl methyl sites for hydroxylation is 1. The van der Waals surface area contributed by atoms with Gasteiger partial charge in [0.15, 0.2) is 0 Å². The van der Waals surface area contributed by atoms with E-state index in [1.54, 1.807) is 4.90 Å². The number of nitrogens with two attached hydrogens (primary N) is 1.